The summed E-state index contributed by atoms with van der Waals surface area (Å²) in [6.07, 6.45) is -0.525. The maximum atomic E-state index is 12.2. The first-order valence-corrected chi connectivity index (χ1v) is 9.24. The molecule has 2 amide bonds. The summed E-state index contributed by atoms with van der Waals surface area (Å²) in [4.78, 5) is 44.6. The van der Waals surface area contributed by atoms with Crippen LogP contribution in [0, 0.1) is 27.2 Å². The molecule has 0 unspecified atom stereocenters. The van der Waals surface area contributed by atoms with Gasteiger partial charge >= 0.3 is 0 Å². The van der Waals surface area contributed by atoms with Gasteiger partial charge in [-0.15, -0.1) is 0 Å². The Kier molecular flexibility index (Phi) is 7.75. The summed E-state index contributed by atoms with van der Waals surface area (Å²) in [6, 6.07) is 8.08. The van der Waals surface area contributed by atoms with Crippen molar-refractivity contribution in [2.45, 2.75) is 26.7 Å². The minimum absolute atomic E-state index is 0.00451. The molecule has 0 aromatic heterocycles. The first kappa shape index (κ1) is 23.4. The molecule has 0 saturated carbocycles. The number of aryl methyl sites for hydroxylation is 1. The Balaban J connectivity index is 1.98. The fourth-order valence-electron chi connectivity index (χ4n) is 2.55. The topological polar surface area (TPSA) is 157 Å². The maximum absolute atomic E-state index is 12.2. The van der Waals surface area contributed by atoms with Gasteiger partial charge in [0, 0.05) is 28.1 Å². The van der Waals surface area contributed by atoms with Crippen LogP contribution in [0.2, 0.25) is 5.02 Å². The largest absolute Gasteiger partial charge is 0.325 e. The van der Waals surface area contributed by atoms with Crippen molar-refractivity contribution < 1.29 is 19.4 Å². The Morgan fingerprint density at radius 2 is 1.77 bits per heavy atom. The highest BCUT2D eigenvalue weighted by molar-refractivity contribution is 6.31. The van der Waals surface area contributed by atoms with Crippen molar-refractivity contribution in [2.75, 3.05) is 5.32 Å². The molecule has 11 nitrogen and oxygen atoms in total. The van der Waals surface area contributed by atoms with Crippen LogP contribution in [0.15, 0.2) is 41.5 Å². The number of amides is 2. The standard InChI is InChI=1S/C19H18ClN5O6/c1-11-3-5-14(20)9-16(11)21-18(26)7-12(2)22-23-19(27)8-13-4-6-15(24(28)29)10-17(13)25(30)31/h3-6,9-10H,7-8H2,1-2H3,(H,21,26)(H,23,27)/b22-12+. The molecule has 2 rings (SSSR count). The molecule has 2 N–H and O–H groups in total. The smallest absolute Gasteiger partial charge is 0.279 e. The van der Waals surface area contributed by atoms with E-state index in [1.165, 1.54) is 6.92 Å². The summed E-state index contributed by atoms with van der Waals surface area (Å²) in [5, 5.41) is 28.9. The summed E-state index contributed by atoms with van der Waals surface area (Å²) in [7, 11) is 0. The van der Waals surface area contributed by atoms with E-state index in [9.17, 15) is 29.8 Å². The van der Waals surface area contributed by atoms with Gasteiger partial charge in [0.25, 0.3) is 11.4 Å². The number of non-ortho nitro benzene ring substituents is 1. The van der Waals surface area contributed by atoms with Crippen molar-refractivity contribution in [1.82, 2.24) is 5.43 Å². The van der Waals surface area contributed by atoms with Gasteiger partial charge in [-0.3, -0.25) is 29.8 Å². The van der Waals surface area contributed by atoms with Crippen molar-refractivity contribution in [3.63, 3.8) is 0 Å². The van der Waals surface area contributed by atoms with Crippen LogP contribution in [0.4, 0.5) is 17.1 Å². The average Bonchev–Trinajstić information content (AvgIpc) is 2.69. The fourth-order valence-corrected chi connectivity index (χ4v) is 2.72. The lowest BCUT2D eigenvalue weighted by Crippen LogP contribution is -2.23. The van der Waals surface area contributed by atoms with Crippen molar-refractivity contribution in [2.24, 2.45) is 5.10 Å². The number of hydrazone groups is 1. The molecule has 12 heteroatoms. The van der Waals surface area contributed by atoms with E-state index in [0.29, 0.717) is 16.4 Å². The number of hydrogen-bond acceptors (Lipinski definition) is 7. The summed E-state index contributed by atoms with van der Waals surface area (Å²) in [6.45, 7) is 3.34. The van der Waals surface area contributed by atoms with Gasteiger partial charge in [-0.05, 0) is 37.6 Å². The molecular weight excluding hydrogens is 430 g/mol. The number of nitrogens with zero attached hydrogens (tertiary/aromatic N) is 3. The van der Waals surface area contributed by atoms with Gasteiger partial charge in [0.2, 0.25) is 11.8 Å². The molecule has 162 valence electrons. The second-order valence-corrected chi connectivity index (χ2v) is 7.01. The van der Waals surface area contributed by atoms with Crippen LogP contribution in [0.5, 0.6) is 0 Å². The summed E-state index contributed by atoms with van der Waals surface area (Å²) in [5.41, 5.74) is 2.89. The average molecular weight is 448 g/mol. The molecule has 0 atom stereocenters. The van der Waals surface area contributed by atoms with E-state index in [1.807, 2.05) is 6.92 Å². The van der Waals surface area contributed by atoms with E-state index in [4.69, 9.17) is 11.6 Å². The summed E-state index contributed by atoms with van der Waals surface area (Å²) < 4.78 is 0. The molecule has 0 heterocycles. The predicted molar refractivity (Wildman–Crippen MR) is 114 cm³/mol. The van der Waals surface area contributed by atoms with Crippen LogP contribution in [-0.4, -0.2) is 27.4 Å². The van der Waals surface area contributed by atoms with E-state index >= 15 is 0 Å². The molecular formula is C19H18ClN5O6. The Labute approximate surface area is 181 Å². The monoisotopic (exact) mass is 447 g/mol. The van der Waals surface area contributed by atoms with Gasteiger partial charge < -0.3 is 5.32 Å². The Hall–Kier alpha value is -3.86. The van der Waals surface area contributed by atoms with Crippen LogP contribution in [0.3, 0.4) is 0 Å². The molecule has 2 aromatic rings. The molecule has 0 aliphatic heterocycles. The van der Waals surface area contributed by atoms with Crippen molar-refractivity contribution in [1.29, 1.82) is 0 Å². The van der Waals surface area contributed by atoms with E-state index in [1.54, 1.807) is 18.2 Å². The van der Waals surface area contributed by atoms with Crippen LogP contribution in [-0.2, 0) is 16.0 Å². The lowest BCUT2D eigenvalue weighted by molar-refractivity contribution is -0.394. The van der Waals surface area contributed by atoms with E-state index in [-0.39, 0.29) is 17.9 Å². The number of halogens is 1. The molecule has 0 bridgehead atoms. The zero-order valence-corrected chi connectivity index (χ0v) is 17.3. The molecule has 31 heavy (non-hydrogen) atoms. The number of hydrogen-bond donors (Lipinski definition) is 2. The molecule has 0 aliphatic rings. The molecule has 0 aliphatic carbocycles. The van der Waals surface area contributed by atoms with Gasteiger partial charge in [-0.1, -0.05) is 17.7 Å². The number of nitro groups is 2. The predicted octanol–water partition coefficient (Wildman–Crippen LogP) is 3.53. The summed E-state index contributed by atoms with van der Waals surface area (Å²) in [5.74, 6) is -1.05. The molecule has 0 radical (unpaired) electrons. The number of anilines is 1. The second-order valence-electron chi connectivity index (χ2n) is 6.57. The van der Waals surface area contributed by atoms with E-state index in [2.05, 4.69) is 15.8 Å². The summed E-state index contributed by atoms with van der Waals surface area (Å²) >= 11 is 5.91. The number of benzene rings is 2. The highest BCUT2D eigenvalue weighted by atomic mass is 35.5. The van der Waals surface area contributed by atoms with Gasteiger partial charge in [0.1, 0.15) is 0 Å². The van der Waals surface area contributed by atoms with Crippen molar-refractivity contribution >= 4 is 46.2 Å². The van der Waals surface area contributed by atoms with Gasteiger partial charge in [-0.2, -0.15) is 5.10 Å². The Morgan fingerprint density at radius 3 is 2.42 bits per heavy atom. The second kappa shape index (κ2) is 10.3. The highest BCUT2D eigenvalue weighted by Crippen LogP contribution is 2.25. The third-order valence-corrected chi connectivity index (χ3v) is 4.32. The number of rotatable bonds is 8. The van der Waals surface area contributed by atoms with Crippen molar-refractivity contribution in [3.8, 4) is 0 Å². The number of carbonyl (C=O) groups is 2. The highest BCUT2D eigenvalue weighted by Gasteiger charge is 2.21. The first-order valence-electron chi connectivity index (χ1n) is 8.86. The normalized spacial score (nSPS) is 11.0. The minimum Gasteiger partial charge on any atom is -0.325 e. The quantitative estimate of drug-likeness (QED) is 0.358. The van der Waals surface area contributed by atoms with E-state index in [0.717, 1.165) is 23.8 Å². The zero-order valence-electron chi connectivity index (χ0n) is 16.5. The maximum Gasteiger partial charge on any atom is 0.279 e. The number of nitro benzene ring substituents is 2. The van der Waals surface area contributed by atoms with Crippen LogP contribution in [0.1, 0.15) is 24.5 Å². The number of nitrogens with one attached hydrogen (secondary N) is 2. The minimum atomic E-state index is -0.799. The zero-order chi connectivity index (χ0) is 23.1. The molecule has 0 saturated heterocycles. The lowest BCUT2D eigenvalue weighted by atomic mass is 10.1. The van der Waals surface area contributed by atoms with Crippen LogP contribution < -0.4 is 10.7 Å². The van der Waals surface area contributed by atoms with Crippen molar-refractivity contribution in [3.05, 3.63) is 72.8 Å². The SMILES string of the molecule is C/C(CC(=O)Nc1cc(Cl)ccc1C)=N\NC(=O)Cc1ccc([N+](=O)[O-])cc1[N+](=O)[O-]. The molecule has 0 fully saturated rings. The Morgan fingerprint density at radius 1 is 1.06 bits per heavy atom. The fraction of sp³-hybridized carbons (Fsp3) is 0.211. The number of carbonyl (C=O) groups excluding carboxylic acids is 2. The molecule has 0 spiro atoms. The van der Waals surface area contributed by atoms with Crippen LogP contribution >= 0.6 is 11.6 Å². The van der Waals surface area contributed by atoms with Gasteiger partial charge in [0.15, 0.2) is 0 Å². The lowest BCUT2D eigenvalue weighted by Gasteiger charge is -2.09. The molecule has 2 aromatic carbocycles. The first-order chi connectivity index (χ1) is 14.6. The van der Waals surface area contributed by atoms with E-state index < -0.39 is 33.5 Å². The van der Waals surface area contributed by atoms with Gasteiger partial charge in [0.05, 0.1) is 28.8 Å². The van der Waals surface area contributed by atoms with Gasteiger partial charge in [-0.25, -0.2) is 5.43 Å². The third kappa shape index (κ3) is 6.85. The third-order valence-electron chi connectivity index (χ3n) is 4.09. The Bertz CT molecular complexity index is 1090. The van der Waals surface area contributed by atoms with Crippen LogP contribution in [0.25, 0.3) is 0 Å².